The van der Waals surface area contributed by atoms with E-state index in [4.69, 9.17) is 0 Å². The molecule has 2 nitrogen and oxygen atoms in total. The zero-order valence-electron chi connectivity index (χ0n) is 11.1. The van der Waals surface area contributed by atoms with E-state index in [0.29, 0.717) is 18.2 Å². The largest absolute Gasteiger partial charge is 0.512 e. The Morgan fingerprint density at radius 3 is 2.09 bits per heavy atom. The number of aliphatic hydroxyl groups excluding tert-OH is 1. The average Bonchev–Trinajstić information content (AvgIpc) is 2.46. The molecule has 0 saturated carbocycles. The standard InChI is InChI=1S/C14H11F5O2S/c15-9-10(16)12(18)14(13(19)11(9)17)22-2-1-6-3-7(20)5-8(21)4-6/h5-6,20H,1-4H2. The van der Waals surface area contributed by atoms with E-state index in [0.717, 1.165) is 6.08 Å². The molecule has 0 fully saturated rings. The smallest absolute Gasteiger partial charge is 0.200 e. The van der Waals surface area contributed by atoms with Crippen LogP contribution >= 0.6 is 11.8 Å². The molecule has 1 unspecified atom stereocenters. The van der Waals surface area contributed by atoms with Gasteiger partial charge in [0.2, 0.25) is 5.82 Å². The Bertz CT molecular complexity index is 616. The number of rotatable bonds is 4. The van der Waals surface area contributed by atoms with Crippen LogP contribution < -0.4 is 0 Å². The van der Waals surface area contributed by atoms with E-state index >= 15 is 0 Å². The molecule has 0 bridgehead atoms. The summed E-state index contributed by atoms with van der Waals surface area (Å²) in [6.45, 7) is 0. The van der Waals surface area contributed by atoms with Gasteiger partial charge in [-0.1, -0.05) is 0 Å². The molecule has 0 spiro atoms. The van der Waals surface area contributed by atoms with Gasteiger partial charge in [0.25, 0.3) is 0 Å². The SMILES string of the molecule is O=C1C=C(O)CC(CCSc2c(F)c(F)c(F)c(F)c2F)C1. The summed E-state index contributed by atoms with van der Waals surface area (Å²) >= 11 is 0.498. The molecule has 2 rings (SSSR count). The van der Waals surface area contributed by atoms with Crippen LogP contribution in [0.25, 0.3) is 0 Å². The lowest BCUT2D eigenvalue weighted by atomic mass is 9.90. The molecule has 0 amide bonds. The van der Waals surface area contributed by atoms with E-state index < -0.39 is 34.0 Å². The fourth-order valence-electron chi connectivity index (χ4n) is 2.20. The molecule has 1 aromatic carbocycles. The molecule has 1 aromatic rings. The van der Waals surface area contributed by atoms with Crippen molar-refractivity contribution in [2.45, 2.75) is 24.2 Å². The molecule has 1 N–H and O–H groups in total. The number of ketones is 1. The summed E-state index contributed by atoms with van der Waals surface area (Å²) in [7, 11) is 0. The van der Waals surface area contributed by atoms with Crippen molar-refractivity contribution in [1.29, 1.82) is 0 Å². The molecular weight excluding hydrogens is 327 g/mol. The van der Waals surface area contributed by atoms with E-state index in [1.807, 2.05) is 0 Å². The van der Waals surface area contributed by atoms with Crippen LogP contribution in [0.1, 0.15) is 19.3 Å². The maximum Gasteiger partial charge on any atom is 0.200 e. The predicted molar refractivity (Wildman–Crippen MR) is 70.0 cm³/mol. The first-order chi connectivity index (χ1) is 10.3. The van der Waals surface area contributed by atoms with Gasteiger partial charge in [-0.25, -0.2) is 22.0 Å². The highest BCUT2D eigenvalue weighted by Gasteiger charge is 2.26. The zero-order chi connectivity index (χ0) is 16.4. The Labute approximate surface area is 127 Å². The zero-order valence-corrected chi connectivity index (χ0v) is 12.0. The van der Waals surface area contributed by atoms with Gasteiger partial charge >= 0.3 is 0 Å². The van der Waals surface area contributed by atoms with Crippen LogP contribution in [0.3, 0.4) is 0 Å². The van der Waals surface area contributed by atoms with E-state index in [1.165, 1.54) is 0 Å². The van der Waals surface area contributed by atoms with Crippen molar-refractivity contribution in [3.05, 3.63) is 40.9 Å². The third kappa shape index (κ3) is 3.43. The molecule has 120 valence electrons. The number of thioether (sulfide) groups is 1. The molecule has 1 atom stereocenters. The van der Waals surface area contributed by atoms with Crippen molar-refractivity contribution >= 4 is 17.5 Å². The fraction of sp³-hybridized carbons (Fsp3) is 0.357. The number of carbonyl (C=O) groups is 1. The summed E-state index contributed by atoms with van der Waals surface area (Å²) in [5.74, 6) is -10.3. The van der Waals surface area contributed by atoms with Crippen LogP contribution in [0, 0.1) is 35.0 Å². The summed E-state index contributed by atoms with van der Waals surface area (Å²) < 4.78 is 65.8. The predicted octanol–water partition coefficient (Wildman–Crippen LogP) is 4.29. The minimum absolute atomic E-state index is 0.0591. The Hall–Kier alpha value is -1.57. The summed E-state index contributed by atoms with van der Waals surface area (Å²) in [5, 5.41) is 9.33. The van der Waals surface area contributed by atoms with Crippen LogP contribution in [0.5, 0.6) is 0 Å². The minimum Gasteiger partial charge on any atom is -0.512 e. The number of aliphatic hydroxyl groups is 1. The van der Waals surface area contributed by atoms with Crippen molar-refractivity contribution in [3.8, 4) is 0 Å². The number of benzene rings is 1. The lowest BCUT2D eigenvalue weighted by molar-refractivity contribution is -0.116. The summed E-state index contributed by atoms with van der Waals surface area (Å²) in [4.78, 5) is 10.3. The fourth-order valence-corrected chi connectivity index (χ4v) is 3.29. The average molecular weight is 338 g/mol. The molecular formula is C14H11F5O2S. The highest BCUT2D eigenvalue weighted by Crippen LogP contribution is 2.33. The summed E-state index contributed by atoms with van der Waals surface area (Å²) in [5.41, 5.74) is 0. The number of allylic oxidation sites excluding steroid dienone is 2. The Kier molecular flexibility index (Phi) is 5.10. The van der Waals surface area contributed by atoms with Crippen molar-refractivity contribution in [1.82, 2.24) is 0 Å². The third-order valence-corrected chi connectivity index (χ3v) is 4.34. The van der Waals surface area contributed by atoms with Crippen LogP contribution in [-0.2, 0) is 4.79 Å². The molecule has 0 heterocycles. The second-order valence-electron chi connectivity index (χ2n) is 4.91. The lowest BCUT2D eigenvalue weighted by Crippen LogP contribution is -2.15. The second kappa shape index (κ2) is 6.68. The quantitative estimate of drug-likeness (QED) is 0.385. The molecule has 1 aliphatic rings. The van der Waals surface area contributed by atoms with Crippen molar-refractivity contribution in [2.75, 3.05) is 5.75 Å². The van der Waals surface area contributed by atoms with Gasteiger partial charge in [-0.15, -0.1) is 11.8 Å². The molecule has 22 heavy (non-hydrogen) atoms. The van der Waals surface area contributed by atoms with Gasteiger partial charge in [0, 0.05) is 18.9 Å². The molecule has 0 saturated heterocycles. The molecule has 0 radical (unpaired) electrons. The van der Waals surface area contributed by atoms with Crippen molar-refractivity contribution in [3.63, 3.8) is 0 Å². The van der Waals surface area contributed by atoms with Crippen LogP contribution in [0.4, 0.5) is 22.0 Å². The highest BCUT2D eigenvalue weighted by atomic mass is 32.2. The first-order valence-corrected chi connectivity index (χ1v) is 7.36. The maximum absolute atomic E-state index is 13.4. The van der Waals surface area contributed by atoms with Gasteiger partial charge in [0.15, 0.2) is 29.1 Å². The van der Waals surface area contributed by atoms with Crippen LogP contribution in [0.15, 0.2) is 16.7 Å². The van der Waals surface area contributed by atoms with Gasteiger partial charge in [-0.05, 0) is 18.1 Å². The van der Waals surface area contributed by atoms with Gasteiger partial charge in [0.05, 0.1) is 10.7 Å². The number of hydrogen-bond donors (Lipinski definition) is 1. The minimum atomic E-state index is -2.19. The van der Waals surface area contributed by atoms with Crippen LogP contribution in [-0.4, -0.2) is 16.6 Å². The van der Waals surface area contributed by atoms with E-state index in [1.54, 1.807) is 0 Å². The lowest BCUT2D eigenvalue weighted by Gasteiger charge is -2.18. The van der Waals surface area contributed by atoms with E-state index in [9.17, 15) is 31.9 Å². The summed E-state index contributed by atoms with van der Waals surface area (Å²) in [6, 6.07) is 0. The normalized spacial score (nSPS) is 18.5. The molecule has 0 aromatic heterocycles. The van der Waals surface area contributed by atoms with E-state index in [-0.39, 0.29) is 36.1 Å². The molecule has 1 aliphatic carbocycles. The van der Waals surface area contributed by atoms with Crippen molar-refractivity contribution in [2.24, 2.45) is 5.92 Å². The monoisotopic (exact) mass is 338 g/mol. The maximum atomic E-state index is 13.4. The highest BCUT2D eigenvalue weighted by molar-refractivity contribution is 7.99. The first-order valence-electron chi connectivity index (χ1n) is 6.37. The Balaban J connectivity index is 2.04. The van der Waals surface area contributed by atoms with Crippen LogP contribution in [0.2, 0.25) is 0 Å². The van der Waals surface area contributed by atoms with Gasteiger partial charge in [-0.2, -0.15) is 0 Å². The Morgan fingerprint density at radius 2 is 1.55 bits per heavy atom. The first kappa shape index (κ1) is 16.8. The number of hydrogen-bond acceptors (Lipinski definition) is 3. The van der Waals surface area contributed by atoms with Gasteiger partial charge < -0.3 is 5.11 Å². The van der Waals surface area contributed by atoms with E-state index in [2.05, 4.69) is 0 Å². The topological polar surface area (TPSA) is 37.3 Å². The Morgan fingerprint density at radius 1 is 1.00 bits per heavy atom. The van der Waals surface area contributed by atoms with Gasteiger partial charge in [0.1, 0.15) is 0 Å². The number of halogens is 5. The second-order valence-corrected chi connectivity index (χ2v) is 6.02. The van der Waals surface area contributed by atoms with Crippen molar-refractivity contribution < 1.29 is 31.9 Å². The van der Waals surface area contributed by atoms with Gasteiger partial charge in [-0.3, -0.25) is 4.79 Å². The molecule has 8 heteroatoms. The summed E-state index contributed by atoms with van der Waals surface area (Å²) in [6.07, 6.45) is 1.85. The third-order valence-electron chi connectivity index (χ3n) is 3.26. The molecule has 0 aliphatic heterocycles. The number of carbonyl (C=O) groups excluding carboxylic acids is 1.